The van der Waals surface area contributed by atoms with Crippen LogP contribution in [-0.4, -0.2) is 40.7 Å². The van der Waals surface area contributed by atoms with Crippen molar-refractivity contribution in [1.29, 1.82) is 0 Å². The van der Waals surface area contributed by atoms with E-state index in [2.05, 4.69) is 5.73 Å². The fourth-order valence-electron chi connectivity index (χ4n) is 3.53. The highest BCUT2D eigenvalue weighted by atomic mass is 19.1. The maximum absolute atomic E-state index is 13.4. The van der Waals surface area contributed by atoms with Crippen LogP contribution in [0.4, 0.5) is 4.39 Å². The summed E-state index contributed by atoms with van der Waals surface area (Å²) in [5.74, 6) is -0.142. The number of carbonyl (C=O) groups is 1. The van der Waals surface area contributed by atoms with Crippen LogP contribution >= 0.6 is 0 Å². The van der Waals surface area contributed by atoms with Gasteiger partial charge in [-0.25, -0.2) is 4.39 Å². The fourth-order valence-corrected chi connectivity index (χ4v) is 3.53. The van der Waals surface area contributed by atoms with Crippen LogP contribution in [-0.2, 0) is 11.3 Å². The number of benzene rings is 1. The Balaban J connectivity index is 1.74. The number of amides is 1. The number of aryl methyl sites for hydroxylation is 1. The topological polar surface area (TPSA) is 70.0 Å². The molecule has 1 aliphatic rings. The van der Waals surface area contributed by atoms with Crippen LogP contribution in [0, 0.1) is 0 Å². The van der Waals surface area contributed by atoms with Gasteiger partial charge in [-0.2, -0.15) is 0 Å². The summed E-state index contributed by atoms with van der Waals surface area (Å²) in [6.07, 6.45) is 1.36. The van der Waals surface area contributed by atoms with Crippen LogP contribution < -0.4 is 11.3 Å². The molecule has 1 aliphatic heterocycles. The molecule has 0 saturated carbocycles. The molecule has 0 spiro atoms. The Morgan fingerprint density at radius 1 is 1.22 bits per heavy atom. The second kappa shape index (κ2) is 8.05. The molecule has 6 heteroatoms. The van der Waals surface area contributed by atoms with Crippen molar-refractivity contribution >= 4 is 5.91 Å². The Hall–Kier alpha value is -2.47. The van der Waals surface area contributed by atoms with Crippen LogP contribution in [0.3, 0.4) is 0 Å². The first-order valence-electron chi connectivity index (χ1n) is 9.47. The summed E-state index contributed by atoms with van der Waals surface area (Å²) in [6, 6.07) is 10.9. The molecule has 2 aromatic rings. The third-order valence-electron chi connectivity index (χ3n) is 5.46. The van der Waals surface area contributed by atoms with E-state index in [4.69, 9.17) is 0 Å². The van der Waals surface area contributed by atoms with Gasteiger partial charge in [-0.15, -0.1) is 0 Å². The van der Waals surface area contributed by atoms with E-state index in [1.807, 2.05) is 50.4 Å². The van der Waals surface area contributed by atoms with Crippen LogP contribution in [0.1, 0.15) is 31.7 Å². The van der Waals surface area contributed by atoms with Crippen molar-refractivity contribution in [2.24, 2.45) is 0 Å². The van der Waals surface area contributed by atoms with Gasteiger partial charge in [0.25, 0.3) is 11.5 Å². The maximum Gasteiger partial charge on any atom is 0.281 e. The van der Waals surface area contributed by atoms with E-state index in [0.717, 1.165) is 16.7 Å². The minimum Gasteiger partial charge on any atom is -0.347 e. The first-order chi connectivity index (χ1) is 12.9. The normalized spacial score (nSPS) is 19.1. The van der Waals surface area contributed by atoms with E-state index in [1.165, 1.54) is 0 Å². The average molecular weight is 372 g/mol. The molecule has 1 aromatic heterocycles. The van der Waals surface area contributed by atoms with Crippen molar-refractivity contribution in [3.8, 4) is 11.1 Å². The van der Waals surface area contributed by atoms with Gasteiger partial charge >= 0.3 is 0 Å². The molecule has 1 fully saturated rings. The third kappa shape index (κ3) is 4.11. The van der Waals surface area contributed by atoms with E-state index in [-0.39, 0.29) is 23.9 Å². The van der Waals surface area contributed by atoms with E-state index >= 15 is 0 Å². The summed E-state index contributed by atoms with van der Waals surface area (Å²) in [5, 5.41) is 0. The Kier molecular flexibility index (Phi) is 5.75. The average Bonchev–Trinajstić information content (AvgIpc) is 3.13. The van der Waals surface area contributed by atoms with Crippen LogP contribution in [0.5, 0.6) is 0 Å². The van der Waals surface area contributed by atoms with Crippen LogP contribution in [0.25, 0.3) is 11.1 Å². The maximum atomic E-state index is 13.4. The summed E-state index contributed by atoms with van der Waals surface area (Å²) in [7, 11) is 0. The van der Waals surface area contributed by atoms with Gasteiger partial charge in [0.05, 0.1) is 6.54 Å². The number of likely N-dealkylation sites (tertiary alicyclic amines) is 1. The number of pyridine rings is 1. The van der Waals surface area contributed by atoms with Gasteiger partial charge in [0.15, 0.2) is 6.04 Å². The Morgan fingerprint density at radius 2 is 1.89 bits per heavy atom. The molecule has 27 heavy (non-hydrogen) atoms. The Bertz CT molecular complexity index is 862. The van der Waals surface area contributed by atoms with Crippen LogP contribution in [0.15, 0.2) is 47.4 Å². The van der Waals surface area contributed by atoms with Crippen molar-refractivity contribution in [3.63, 3.8) is 0 Å². The molecule has 3 atom stereocenters. The highest BCUT2D eigenvalue weighted by Crippen LogP contribution is 2.24. The number of nitrogens with zero attached hydrogens (tertiary/aromatic N) is 2. The van der Waals surface area contributed by atoms with E-state index < -0.39 is 12.2 Å². The lowest BCUT2D eigenvalue weighted by Gasteiger charge is -2.22. The fraction of sp³-hybridized carbons (Fsp3) is 0.429. The SMILES string of the molecule is CCn1cc(-c2ccc([C@H](C)[C@H]([NH3+])C(=O)N3CC[C@H](F)C3)cc2)ccc1=O. The van der Waals surface area contributed by atoms with E-state index in [0.29, 0.717) is 19.5 Å². The molecular formula is C21H27FN3O2+. The second-order valence-corrected chi connectivity index (χ2v) is 7.23. The third-order valence-corrected chi connectivity index (χ3v) is 5.46. The molecule has 3 N–H and O–H groups in total. The van der Waals surface area contributed by atoms with Gasteiger partial charge in [-0.3, -0.25) is 9.59 Å². The number of quaternary nitrogens is 1. The highest BCUT2D eigenvalue weighted by Gasteiger charge is 2.34. The van der Waals surface area contributed by atoms with Crippen molar-refractivity contribution in [2.45, 2.75) is 44.9 Å². The van der Waals surface area contributed by atoms with Crippen LogP contribution in [0.2, 0.25) is 0 Å². The number of halogens is 1. The predicted molar refractivity (Wildman–Crippen MR) is 103 cm³/mol. The van der Waals surface area contributed by atoms with Gasteiger partial charge in [0.2, 0.25) is 0 Å². The molecule has 1 saturated heterocycles. The zero-order valence-electron chi connectivity index (χ0n) is 15.9. The molecule has 0 unspecified atom stereocenters. The first kappa shape index (κ1) is 19.3. The minimum atomic E-state index is -0.915. The summed E-state index contributed by atoms with van der Waals surface area (Å²) in [6.45, 7) is 5.20. The molecule has 3 rings (SSSR count). The number of alkyl halides is 1. The van der Waals surface area contributed by atoms with Crippen molar-refractivity contribution < 1.29 is 14.9 Å². The molecule has 0 bridgehead atoms. The van der Waals surface area contributed by atoms with Crippen molar-refractivity contribution in [1.82, 2.24) is 9.47 Å². The predicted octanol–water partition coefficient (Wildman–Crippen LogP) is 1.82. The number of rotatable bonds is 5. The summed E-state index contributed by atoms with van der Waals surface area (Å²) < 4.78 is 15.0. The van der Waals surface area contributed by atoms with E-state index in [9.17, 15) is 14.0 Å². The van der Waals surface area contributed by atoms with Crippen molar-refractivity contribution in [3.05, 3.63) is 58.5 Å². The lowest BCUT2D eigenvalue weighted by molar-refractivity contribution is -0.410. The minimum absolute atomic E-state index is 0.0117. The molecule has 144 valence electrons. The summed E-state index contributed by atoms with van der Waals surface area (Å²) >= 11 is 0. The highest BCUT2D eigenvalue weighted by molar-refractivity contribution is 5.81. The molecule has 0 aliphatic carbocycles. The smallest absolute Gasteiger partial charge is 0.281 e. The molecule has 2 heterocycles. The first-order valence-corrected chi connectivity index (χ1v) is 9.47. The molecule has 5 nitrogen and oxygen atoms in total. The monoisotopic (exact) mass is 372 g/mol. The standard InChI is InChI=1S/C21H26FN3O2/c1-3-24-12-17(8-9-19(24)26)16-6-4-15(5-7-16)14(2)20(23)21(27)25-11-10-18(22)13-25/h4-9,12,14,18,20H,3,10-11,13,23H2,1-2H3/p+1/t14-,18-,20-/m0/s1. The van der Waals surface area contributed by atoms with Gasteiger partial charge in [0, 0.05) is 31.3 Å². The zero-order chi connectivity index (χ0) is 19.6. The quantitative estimate of drug-likeness (QED) is 0.870. The van der Waals surface area contributed by atoms with Gasteiger partial charge in [-0.1, -0.05) is 31.2 Å². The number of carbonyl (C=O) groups excluding carboxylic acids is 1. The molecule has 1 amide bonds. The zero-order valence-corrected chi connectivity index (χ0v) is 15.9. The van der Waals surface area contributed by atoms with Gasteiger partial charge in [-0.05, 0) is 36.1 Å². The lowest BCUT2D eigenvalue weighted by Crippen LogP contribution is -2.69. The van der Waals surface area contributed by atoms with E-state index in [1.54, 1.807) is 15.5 Å². The van der Waals surface area contributed by atoms with Crippen molar-refractivity contribution in [2.75, 3.05) is 13.1 Å². The number of aromatic nitrogens is 1. The van der Waals surface area contributed by atoms with Gasteiger partial charge in [0.1, 0.15) is 6.17 Å². The summed E-state index contributed by atoms with van der Waals surface area (Å²) in [4.78, 5) is 25.9. The number of hydrogen-bond donors (Lipinski definition) is 1. The second-order valence-electron chi connectivity index (χ2n) is 7.23. The molecular weight excluding hydrogens is 345 g/mol. The Morgan fingerprint density at radius 3 is 2.48 bits per heavy atom. The van der Waals surface area contributed by atoms with Gasteiger partial charge < -0.3 is 15.2 Å². The largest absolute Gasteiger partial charge is 0.347 e. The number of hydrogen-bond acceptors (Lipinski definition) is 2. The molecule has 1 aromatic carbocycles. The lowest BCUT2D eigenvalue weighted by atomic mass is 9.91. The Labute approximate surface area is 158 Å². The summed E-state index contributed by atoms with van der Waals surface area (Å²) in [5.41, 5.74) is 7.04. The molecule has 0 radical (unpaired) electrons.